The molecule has 4 N–H and O–H groups in total. The minimum Gasteiger partial charge on any atom is -0.391 e. The monoisotopic (exact) mass is 230 g/mol. The van der Waals surface area contributed by atoms with Crippen LogP contribution in [0, 0.1) is 0 Å². The Morgan fingerprint density at radius 2 is 2.06 bits per heavy atom. The maximum atomic E-state index is 11.6. The molecule has 0 atom stereocenters. The summed E-state index contributed by atoms with van der Waals surface area (Å²) in [6, 6.07) is 9.44. The number of aromatic amines is 1. The summed E-state index contributed by atoms with van der Waals surface area (Å²) in [4.78, 5) is 18.6. The Morgan fingerprint density at radius 3 is 2.71 bits per heavy atom. The predicted octanol–water partition coefficient (Wildman–Crippen LogP) is 1.45. The number of H-pyrrole nitrogens is 1. The summed E-state index contributed by atoms with van der Waals surface area (Å²) in [5.74, 6) is 0.941. The topological polar surface area (TPSA) is 83.8 Å². The lowest BCUT2D eigenvalue weighted by molar-refractivity contribution is 1.09. The van der Waals surface area contributed by atoms with Crippen molar-refractivity contribution in [3.05, 3.63) is 40.7 Å². The standard InChI is InChI=1S/C12H14N4O/c1-2-14-11-9(13)12(17)16-10(15-11)8-6-4-3-5-7-8/h3-7H,2,13H2,1H3,(H2,14,15,16,17). The SMILES string of the molecule is CCNc1nc(-c2ccccc2)[nH]c(=O)c1N. The molecule has 0 saturated carbocycles. The third-order valence-corrected chi connectivity index (χ3v) is 2.35. The first-order chi connectivity index (χ1) is 8.22. The van der Waals surface area contributed by atoms with Crippen molar-refractivity contribution in [1.82, 2.24) is 9.97 Å². The van der Waals surface area contributed by atoms with E-state index in [1.165, 1.54) is 0 Å². The molecule has 0 saturated heterocycles. The van der Waals surface area contributed by atoms with Crippen LogP contribution in [0.2, 0.25) is 0 Å². The lowest BCUT2D eigenvalue weighted by Crippen LogP contribution is -2.18. The highest BCUT2D eigenvalue weighted by Gasteiger charge is 2.08. The van der Waals surface area contributed by atoms with Crippen LogP contribution in [0.15, 0.2) is 35.1 Å². The fourth-order valence-electron chi connectivity index (χ4n) is 1.52. The van der Waals surface area contributed by atoms with Gasteiger partial charge in [0.05, 0.1) is 0 Å². The van der Waals surface area contributed by atoms with Gasteiger partial charge in [0, 0.05) is 12.1 Å². The first-order valence-electron chi connectivity index (χ1n) is 5.41. The van der Waals surface area contributed by atoms with Gasteiger partial charge >= 0.3 is 0 Å². The van der Waals surface area contributed by atoms with Crippen LogP contribution in [0.5, 0.6) is 0 Å². The highest BCUT2D eigenvalue weighted by molar-refractivity contribution is 5.65. The van der Waals surface area contributed by atoms with E-state index in [9.17, 15) is 4.79 Å². The molecule has 1 heterocycles. The fourth-order valence-corrected chi connectivity index (χ4v) is 1.52. The van der Waals surface area contributed by atoms with Gasteiger partial charge in [-0.3, -0.25) is 4.79 Å². The number of hydrogen-bond acceptors (Lipinski definition) is 4. The van der Waals surface area contributed by atoms with Gasteiger partial charge in [-0.15, -0.1) is 0 Å². The number of rotatable bonds is 3. The Labute approximate surface area is 98.7 Å². The summed E-state index contributed by atoms with van der Waals surface area (Å²) < 4.78 is 0. The third-order valence-electron chi connectivity index (χ3n) is 2.35. The summed E-state index contributed by atoms with van der Waals surface area (Å²) in [6.07, 6.45) is 0. The summed E-state index contributed by atoms with van der Waals surface area (Å²) in [5, 5.41) is 2.97. The van der Waals surface area contributed by atoms with Crippen LogP contribution in [0.1, 0.15) is 6.92 Å². The number of nitrogens with one attached hydrogen (secondary N) is 2. The molecule has 0 aliphatic carbocycles. The van der Waals surface area contributed by atoms with E-state index in [0.29, 0.717) is 18.2 Å². The fraction of sp³-hybridized carbons (Fsp3) is 0.167. The summed E-state index contributed by atoms with van der Waals surface area (Å²) in [5.41, 5.74) is 6.29. The van der Waals surface area contributed by atoms with Crippen molar-refractivity contribution in [2.75, 3.05) is 17.6 Å². The number of nitrogens with zero attached hydrogens (tertiary/aromatic N) is 1. The number of hydrogen-bond donors (Lipinski definition) is 3. The van der Waals surface area contributed by atoms with Gasteiger partial charge in [0.1, 0.15) is 11.5 Å². The van der Waals surface area contributed by atoms with E-state index >= 15 is 0 Å². The van der Waals surface area contributed by atoms with Crippen molar-refractivity contribution in [3.63, 3.8) is 0 Å². The predicted molar refractivity (Wildman–Crippen MR) is 68.9 cm³/mol. The van der Waals surface area contributed by atoms with Crippen LogP contribution < -0.4 is 16.6 Å². The zero-order chi connectivity index (χ0) is 12.3. The van der Waals surface area contributed by atoms with Crippen LogP contribution in [-0.2, 0) is 0 Å². The Kier molecular flexibility index (Phi) is 3.09. The Balaban J connectivity index is 2.53. The molecular formula is C12H14N4O. The van der Waals surface area contributed by atoms with Crippen LogP contribution in [0.4, 0.5) is 11.5 Å². The van der Waals surface area contributed by atoms with E-state index in [1.807, 2.05) is 37.3 Å². The second-order valence-electron chi connectivity index (χ2n) is 3.57. The second-order valence-corrected chi connectivity index (χ2v) is 3.57. The molecule has 0 bridgehead atoms. The smallest absolute Gasteiger partial charge is 0.276 e. The molecule has 0 aliphatic rings. The maximum Gasteiger partial charge on any atom is 0.276 e. The first-order valence-corrected chi connectivity index (χ1v) is 5.41. The van der Waals surface area contributed by atoms with Crippen LogP contribution in [0.3, 0.4) is 0 Å². The van der Waals surface area contributed by atoms with Crippen molar-refractivity contribution in [2.45, 2.75) is 6.92 Å². The summed E-state index contributed by atoms with van der Waals surface area (Å²) in [7, 11) is 0. The molecule has 5 heteroatoms. The average molecular weight is 230 g/mol. The van der Waals surface area contributed by atoms with Gasteiger partial charge in [0.15, 0.2) is 5.82 Å². The van der Waals surface area contributed by atoms with Crippen molar-refractivity contribution in [3.8, 4) is 11.4 Å². The van der Waals surface area contributed by atoms with E-state index in [4.69, 9.17) is 5.73 Å². The average Bonchev–Trinajstić information content (AvgIpc) is 2.36. The van der Waals surface area contributed by atoms with Crippen LogP contribution in [-0.4, -0.2) is 16.5 Å². The maximum absolute atomic E-state index is 11.6. The van der Waals surface area contributed by atoms with E-state index < -0.39 is 0 Å². The number of aromatic nitrogens is 2. The molecule has 88 valence electrons. The molecule has 17 heavy (non-hydrogen) atoms. The van der Waals surface area contributed by atoms with Crippen molar-refractivity contribution in [2.24, 2.45) is 0 Å². The molecule has 0 spiro atoms. The molecule has 0 aliphatic heterocycles. The van der Waals surface area contributed by atoms with Gasteiger partial charge in [0.2, 0.25) is 0 Å². The number of anilines is 2. The Morgan fingerprint density at radius 1 is 1.35 bits per heavy atom. The highest BCUT2D eigenvalue weighted by atomic mass is 16.1. The van der Waals surface area contributed by atoms with E-state index in [1.54, 1.807) is 0 Å². The minimum absolute atomic E-state index is 0.117. The van der Waals surface area contributed by atoms with Crippen LogP contribution >= 0.6 is 0 Å². The molecule has 0 fully saturated rings. The second kappa shape index (κ2) is 4.69. The van der Waals surface area contributed by atoms with Gasteiger partial charge in [-0.1, -0.05) is 30.3 Å². The minimum atomic E-state index is -0.324. The van der Waals surface area contributed by atoms with Gasteiger partial charge in [-0.25, -0.2) is 4.98 Å². The Bertz CT molecular complexity index is 562. The quantitative estimate of drug-likeness (QED) is 0.745. The van der Waals surface area contributed by atoms with E-state index in [-0.39, 0.29) is 11.2 Å². The normalized spacial score (nSPS) is 10.2. The lowest BCUT2D eigenvalue weighted by atomic mass is 10.2. The zero-order valence-corrected chi connectivity index (χ0v) is 9.53. The first kappa shape index (κ1) is 11.2. The zero-order valence-electron chi connectivity index (χ0n) is 9.53. The van der Waals surface area contributed by atoms with Crippen molar-refractivity contribution in [1.29, 1.82) is 0 Å². The van der Waals surface area contributed by atoms with E-state index in [2.05, 4.69) is 15.3 Å². The molecule has 0 amide bonds. The molecule has 2 rings (SSSR count). The van der Waals surface area contributed by atoms with Gasteiger partial charge < -0.3 is 16.0 Å². The third kappa shape index (κ3) is 2.28. The molecular weight excluding hydrogens is 216 g/mol. The molecule has 1 aromatic heterocycles. The lowest BCUT2D eigenvalue weighted by Gasteiger charge is -2.07. The summed E-state index contributed by atoms with van der Waals surface area (Å²) in [6.45, 7) is 2.58. The number of nitrogen functional groups attached to an aromatic ring is 1. The van der Waals surface area contributed by atoms with Crippen molar-refractivity contribution >= 4 is 11.5 Å². The van der Waals surface area contributed by atoms with Crippen molar-refractivity contribution < 1.29 is 0 Å². The molecule has 0 unspecified atom stereocenters. The molecule has 2 aromatic rings. The molecule has 0 radical (unpaired) electrons. The highest BCUT2D eigenvalue weighted by Crippen LogP contribution is 2.17. The Hall–Kier alpha value is -2.30. The molecule has 1 aromatic carbocycles. The van der Waals surface area contributed by atoms with Gasteiger partial charge in [-0.05, 0) is 6.92 Å². The molecule has 5 nitrogen and oxygen atoms in total. The largest absolute Gasteiger partial charge is 0.391 e. The number of benzene rings is 1. The number of nitrogens with two attached hydrogens (primary N) is 1. The van der Waals surface area contributed by atoms with Gasteiger partial charge in [-0.2, -0.15) is 0 Å². The van der Waals surface area contributed by atoms with E-state index in [0.717, 1.165) is 5.56 Å². The summed E-state index contributed by atoms with van der Waals surface area (Å²) >= 11 is 0. The van der Waals surface area contributed by atoms with Gasteiger partial charge in [0.25, 0.3) is 5.56 Å². The van der Waals surface area contributed by atoms with Crippen LogP contribution in [0.25, 0.3) is 11.4 Å².